The molecule has 2 heterocycles. The Kier molecular flexibility index (Phi) is 9.88. The summed E-state index contributed by atoms with van der Waals surface area (Å²) in [6.45, 7) is 7.77. The molecule has 2 atom stereocenters. The minimum atomic E-state index is -0.435. The third-order valence-electron chi connectivity index (χ3n) is 8.27. The lowest BCUT2D eigenvalue weighted by atomic mass is 9.81. The molecule has 2 aliphatic rings. The quantitative estimate of drug-likeness (QED) is 0.356. The first-order chi connectivity index (χ1) is 17.8. The molecule has 1 aliphatic heterocycles. The van der Waals surface area contributed by atoms with Gasteiger partial charge in [-0.05, 0) is 48.8 Å². The molecule has 0 radical (unpaired) electrons. The van der Waals surface area contributed by atoms with Crippen LogP contribution >= 0.6 is 11.3 Å². The number of nitrogens with one attached hydrogen (secondary N) is 2. The van der Waals surface area contributed by atoms with Gasteiger partial charge in [0.15, 0.2) is 0 Å². The number of benzene rings is 1. The summed E-state index contributed by atoms with van der Waals surface area (Å²) in [5.74, 6) is 0.900. The Morgan fingerprint density at radius 3 is 2.54 bits per heavy atom. The van der Waals surface area contributed by atoms with Crippen molar-refractivity contribution in [2.45, 2.75) is 96.9 Å². The number of Topliss-reactive ketones (excluding diaryl/α,β-unsaturated/α-hetero) is 2. The van der Waals surface area contributed by atoms with E-state index in [2.05, 4.69) is 42.7 Å². The van der Waals surface area contributed by atoms with Crippen LogP contribution in [-0.2, 0) is 20.8 Å². The van der Waals surface area contributed by atoms with Crippen molar-refractivity contribution in [2.75, 3.05) is 13.1 Å². The van der Waals surface area contributed by atoms with Crippen molar-refractivity contribution >= 4 is 39.0 Å². The second-order valence-electron chi connectivity index (χ2n) is 11.4. The number of hydrogen-bond acceptors (Lipinski definition) is 6. The number of nitrogens with zero attached hydrogens (tertiary/aromatic N) is 1. The predicted octanol–water partition coefficient (Wildman–Crippen LogP) is 5.58. The van der Waals surface area contributed by atoms with E-state index in [1.807, 2.05) is 6.92 Å². The van der Waals surface area contributed by atoms with E-state index in [1.54, 1.807) is 11.3 Å². The third-order valence-corrected chi connectivity index (χ3v) is 9.31. The number of carbonyl (C=O) groups is 3. The van der Waals surface area contributed by atoms with Gasteiger partial charge in [-0.1, -0.05) is 46.1 Å². The molecule has 6 nitrogen and oxygen atoms in total. The van der Waals surface area contributed by atoms with Crippen molar-refractivity contribution < 1.29 is 14.4 Å². The number of aromatic nitrogens is 1. The molecule has 0 unspecified atom stereocenters. The van der Waals surface area contributed by atoms with E-state index in [0.717, 1.165) is 41.2 Å². The number of hydrogen-bond donors (Lipinski definition) is 2. The molecule has 1 saturated heterocycles. The molecule has 1 amide bonds. The fourth-order valence-electron chi connectivity index (χ4n) is 5.60. The van der Waals surface area contributed by atoms with E-state index >= 15 is 0 Å². The van der Waals surface area contributed by atoms with Gasteiger partial charge in [0.25, 0.3) is 0 Å². The molecule has 2 N–H and O–H groups in total. The monoisotopic (exact) mass is 525 g/mol. The molecule has 0 bridgehead atoms. The van der Waals surface area contributed by atoms with Crippen molar-refractivity contribution in [1.82, 2.24) is 15.6 Å². The summed E-state index contributed by atoms with van der Waals surface area (Å²) in [4.78, 5) is 43.6. The molecular formula is C30H43N3O3S. The predicted molar refractivity (Wildman–Crippen MR) is 150 cm³/mol. The molecule has 1 aromatic carbocycles. The van der Waals surface area contributed by atoms with Crippen LogP contribution in [-0.4, -0.2) is 41.6 Å². The van der Waals surface area contributed by atoms with Gasteiger partial charge >= 0.3 is 0 Å². The fourth-order valence-corrected chi connectivity index (χ4v) is 6.70. The highest BCUT2D eigenvalue weighted by Gasteiger charge is 2.31. The highest BCUT2D eigenvalue weighted by Crippen LogP contribution is 2.31. The van der Waals surface area contributed by atoms with Crippen LogP contribution in [0.25, 0.3) is 10.2 Å². The van der Waals surface area contributed by atoms with Gasteiger partial charge in [0.05, 0.1) is 21.1 Å². The van der Waals surface area contributed by atoms with Crippen molar-refractivity contribution in [1.29, 1.82) is 0 Å². The Labute approximate surface area is 225 Å². The van der Waals surface area contributed by atoms with Gasteiger partial charge in [0.2, 0.25) is 5.91 Å². The van der Waals surface area contributed by atoms with E-state index in [0.29, 0.717) is 43.3 Å². The normalized spacial score (nSPS) is 18.5. The van der Waals surface area contributed by atoms with Crippen molar-refractivity contribution in [3.8, 4) is 0 Å². The average Bonchev–Trinajstić information content (AvgIpc) is 3.27. The van der Waals surface area contributed by atoms with Crippen molar-refractivity contribution in [2.24, 2.45) is 17.8 Å². The summed E-state index contributed by atoms with van der Waals surface area (Å²) in [5.41, 5.74) is 2.23. The van der Waals surface area contributed by atoms with Crippen LogP contribution in [0.3, 0.4) is 0 Å². The van der Waals surface area contributed by atoms with E-state index in [-0.39, 0.29) is 30.1 Å². The molecule has 1 aromatic heterocycles. The highest BCUT2D eigenvalue weighted by atomic mass is 32.1. The van der Waals surface area contributed by atoms with Crippen LogP contribution in [0.4, 0.5) is 0 Å². The zero-order valence-corrected chi connectivity index (χ0v) is 23.5. The van der Waals surface area contributed by atoms with Gasteiger partial charge in [0.1, 0.15) is 11.6 Å². The Hall–Kier alpha value is -2.12. The standard InChI is InChI=1S/C30H43N3O3S/c1-4-24(34)14-22(16-29-32-26-11-10-21(19(2)3)15-28(26)37-29)30(36)33-25(20-8-6-5-7-9-20)12-13-27(35)23-17-31-18-23/h10-11,15,19-20,22-23,25,31H,4-9,12-14,16-18H2,1-3H3,(H,33,36)/t22-,25+/m0/s1. The fraction of sp³-hybridized carbons (Fsp3) is 0.667. The maximum absolute atomic E-state index is 13.7. The number of fused-ring (bicyclic) bond motifs is 1. The lowest BCUT2D eigenvalue weighted by Gasteiger charge is -2.33. The van der Waals surface area contributed by atoms with Gasteiger partial charge in [-0.25, -0.2) is 4.98 Å². The molecular weight excluding hydrogens is 482 g/mol. The SMILES string of the molecule is CCC(=O)C[C@@H](Cc1nc2ccc(C(C)C)cc2s1)C(=O)N[C@H](CCC(=O)C1CNC1)C1CCCCC1. The van der Waals surface area contributed by atoms with Gasteiger partial charge in [-0.3, -0.25) is 14.4 Å². The molecule has 2 fully saturated rings. The lowest BCUT2D eigenvalue weighted by molar-refractivity contribution is -0.130. The summed E-state index contributed by atoms with van der Waals surface area (Å²) >= 11 is 1.63. The van der Waals surface area contributed by atoms with Crippen LogP contribution in [0, 0.1) is 17.8 Å². The zero-order valence-electron chi connectivity index (χ0n) is 22.7. The minimum absolute atomic E-state index is 0.00650. The highest BCUT2D eigenvalue weighted by molar-refractivity contribution is 7.18. The summed E-state index contributed by atoms with van der Waals surface area (Å²) in [5, 5.41) is 7.42. The molecule has 7 heteroatoms. The third kappa shape index (κ3) is 7.47. The van der Waals surface area contributed by atoms with Crippen LogP contribution in [0.2, 0.25) is 0 Å². The van der Waals surface area contributed by atoms with Crippen molar-refractivity contribution in [3.05, 3.63) is 28.8 Å². The smallest absolute Gasteiger partial charge is 0.224 e. The Bertz CT molecular complexity index is 1080. The first-order valence-electron chi connectivity index (χ1n) is 14.3. The number of thiazole rings is 1. The van der Waals surface area contributed by atoms with Gasteiger partial charge in [-0.15, -0.1) is 11.3 Å². The lowest BCUT2D eigenvalue weighted by Crippen LogP contribution is -2.48. The maximum atomic E-state index is 13.7. The molecule has 37 heavy (non-hydrogen) atoms. The van der Waals surface area contributed by atoms with Crippen LogP contribution in [0.5, 0.6) is 0 Å². The van der Waals surface area contributed by atoms with Crippen LogP contribution in [0.1, 0.15) is 95.0 Å². The number of amides is 1. The van der Waals surface area contributed by atoms with E-state index in [4.69, 9.17) is 4.98 Å². The first kappa shape index (κ1) is 27.9. The van der Waals surface area contributed by atoms with Crippen molar-refractivity contribution in [3.63, 3.8) is 0 Å². The largest absolute Gasteiger partial charge is 0.353 e. The Morgan fingerprint density at radius 2 is 1.89 bits per heavy atom. The maximum Gasteiger partial charge on any atom is 0.224 e. The summed E-state index contributed by atoms with van der Waals surface area (Å²) in [6, 6.07) is 6.37. The molecule has 2 aromatic rings. The van der Waals surface area contributed by atoms with Gasteiger partial charge < -0.3 is 10.6 Å². The zero-order chi connectivity index (χ0) is 26.4. The number of ketones is 2. The van der Waals surface area contributed by atoms with Gasteiger partial charge in [0, 0.05) is 50.7 Å². The molecule has 1 aliphatic carbocycles. The summed E-state index contributed by atoms with van der Waals surface area (Å²) in [6.07, 6.45) is 8.14. The van der Waals surface area contributed by atoms with E-state index < -0.39 is 5.92 Å². The molecule has 0 spiro atoms. The number of rotatable bonds is 13. The number of carbonyl (C=O) groups excluding carboxylic acids is 3. The second-order valence-corrected chi connectivity index (χ2v) is 12.5. The summed E-state index contributed by atoms with van der Waals surface area (Å²) < 4.78 is 1.13. The second kappa shape index (κ2) is 13.1. The Balaban J connectivity index is 1.48. The van der Waals surface area contributed by atoms with Crippen LogP contribution in [0.15, 0.2) is 18.2 Å². The van der Waals surface area contributed by atoms with Crippen LogP contribution < -0.4 is 10.6 Å². The first-order valence-corrected chi connectivity index (χ1v) is 15.1. The molecule has 4 rings (SSSR count). The Morgan fingerprint density at radius 1 is 1.14 bits per heavy atom. The molecule has 202 valence electrons. The summed E-state index contributed by atoms with van der Waals surface area (Å²) in [7, 11) is 0. The minimum Gasteiger partial charge on any atom is -0.353 e. The average molecular weight is 526 g/mol. The molecule has 1 saturated carbocycles. The van der Waals surface area contributed by atoms with E-state index in [9.17, 15) is 14.4 Å². The van der Waals surface area contributed by atoms with E-state index in [1.165, 1.54) is 24.8 Å². The van der Waals surface area contributed by atoms with Gasteiger partial charge in [-0.2, -0.15) is 0 Å². The topological polar surface area (TPSA) is 88.2 Å².